The number of anilines is 2. The number of carbonyl (C=O) groups excluding carboxylic acids is 3. The fourth-order valence-corrected chi connectivity index (χ4v) is 1.89. The largest absolute Gasteiger partial charge is 0.495 e. The molecule has 0 heterocycles. The molecular formula is C17H25N3O5. The summed E-state index contributed by atoms with van der Waals surface area (Å²) in [5, 5.41) is 7.83. The highest BCUT2D eigenvalue weighted by molar-refractivity contribution is 5.94. The first-order chi connectivity index (χ1) is 11.6. The summed E-state index contributed by atoms with van der Waals surface area (Å²) in [6.07, 6.45) is -0.488. The van der Waals surface area contributed by atoms with E-state index in [2.05, 4.69) is 16.0 Å². The SMILES string of the molecule is COc1ccc(NC(=O)CCNC(=O)OC(C)(C)C)cc1NC(C)=O. The third-order valence-corrected chi connectivity index (χ3v) is 2.81. The lowest BCUT2D eigenvalue weighted by molar-refractivity contribution is -0.116. The smallest absolute Gasteiger partial charge is 0.407 e. The molecule has 0 atom stereocenters. The van der Waals surface area contributed by atoms with Gasteiger partial charge in [0.15, 0.2) is 0 Å². The van der Waals surface area contributed by atoms with E-state index in [1.807, 2.05) is 0 Å². The molecule has 3 amide bonds. The van der Waals surface area contributed by atoms with Gasteiger partial charge >= 0.3 is 6.09 Å². The second kappa shape index (κ2) is 8.91. The molecule has 0 aliphatic carbocycles. The molecule has 1 aromatic carbocycles. The summed E-state index contributed by atoms with van der Waals surface area (Å²) in [6, 6.07) is 4.89. The molecule has 0 aliphatic heterocycles. The molecule has 0 saturated carbocycles. The number of benzene rings is 1. The average molecular weight is 351 g/mol. The van der Waals surface area contributed by atoms with Gasteiger partial charge in [0.1, 0.15) is 11.4 Å². The third kappa shape index (κ3) is 8.05. The Hall–Kier alpha value is -2.77. The van der Waals surface area contributed by atoms with Crippen LogP contribution in [-0.4, -0.2) is 37.2 Å². The molecule has 0 unspecified atom stereocenters. The van der Waals surface area contributed by atoms with Crippen molar-refractivity contribution >= 4 is 29.3 Å². The van der Waals surface area contributed by atoms with Crippen LogP contribution in [0.3, 0.4) is 0 Å². The normalized spacial score (nSPS) is 10.6. The standard InChI is InChI=1S/C17H25N3O5/c1-11(21)19-13-10-12(6-7-14(13)24-5)20-15(22)8-9-18-16(23)25-17(2,3)4/h6-7,10H,8-9H2,1-5H3,(H,18,23)(H,19,21)(H,20,22). The summed E-state index contributed by atoms with van der Waals surface area (Å²) in [4.78, 5) is 34.7. The fraction of sp³-hybridized carbons (Fsp3) is 0.471. The molecule has 0 aliphatic rings. The first kappa shape index (κ1) is 20.3. The van der Waals surface area contributed by atoms with Crippen LogP contribution in [0.1, 0.15) is 34.1 Å². The number of amides is 3. The Morgan fingerprint density at radius 3 is 2.36 bits per heavy atom. The van der Waals surface area contributed by atoms with Crippen LogP contribution in [0.15, 0.2) is 18.2 Å². The maximum Gasteiger partial charge on any atom is 0.407 e. The second-order valence-corrected chi connectivity index (χ2v) is 6.32. The zero-order chi connectivity index (χ0) is 19.0. The molecule has 0 spiro atoms. The molecule has 0 radical (unpaired) electrons. The summed E-state index contributed by atoms with van der Waals surface area (Å²) < 4.78 is 10.2. The van der Waals surface area contributed by atoms with E-state index in [0.29, 0.717) is 17.1 Å². The van der Waals surface area contributed by atoms with Crippen molar-refractivity contribution in [2.75, 3.05) is 24.3 Å². The van der Waals surface area contributed by atoms with Crippen LogP contribution >= 0.6 is 0 Å². The Labute approximate surface area is 147 Å². The number of methoxy groups -OCH3 is 1. The molecule has 0 saturated heterocycles. The van der Waals surface area contributed by atoms with Crippen LogP contribution in [0.4, 0.5) is 16.2 Å². The molecule has 0 aromatic heterocycles. The topological polar surface area (TPSA) is 106 Å². The van der Waals surface area contributed by atoms with Crippen molar-refractivity contribution in [2.45, 2.75) is 39.7 Å². The molecular weight excluding hydrogens is 326 g/mol. The molecule has 3 N–H and O–H groups in total. The van der Waals surface area contributed by atoms with Crippen LogP contribution in [0, 0.1) is 0 Å². The van der Waals surface area contributed by atoms with E-state index in [9.17, 15) is 14.4 Å². The van der Waals surface area contributed by atoms with E-state index in [1.165, 1.54) is 14.0 Å². The van der Waals surface area contributed by atoms with Gasteiger partial charge in [-0.15, -0.1) is 0 Å². The summed E-state index contributed by atoms with van der Waals surface area (Å²) >= 11 is 0. The maximum atomic E-state index is 11.9. The number of nitrogens with one attached hydrogen (secondary N) is 3. The number of alkyl carbamates (subject to hydrolysis) is 1. The number of rotatable bonds is 6. The van der Waals surface area contributed by atoms with E-state index < -0.39 is 11.7 Å². The first-order valence-electron chi connectivity index (χ1n) is 7.83. The van der Waals surface area contributed by atoms with Crippen molar-refractivity contribution in [3.05, 3.63) is 18.2 Å². The lowest BCUT2D eigenvalue weighted by Gasteiger charge is -2.19. The van der Waals surface area contributed by atoms with Crippen molar-refractivity contribution in [3.63, 3.8) is 0 Å². The summed E-state index contributed by atoms with van der Waals surface area (Å²) in [7, 11) is 1.49. The predicted octanol–water partition coefficient (Wildman–Crippen LogP) is 2.51. The summed E-state index contributed by atoms with van der Waals surface area (Å²) in [6.45, 7) is 6.81. The van der Waals surface area contributed by atoms with Crippen molar-refractivity contribution < 1.29 is 23.9 Å². The lowest BCUT2D eigenvalue weighted by atomic mass is 10.2. The van der Waals surface area contributed by atoms with Crippen molar-refractivity contribution in [3.8, 4) is 5.75 Å². The summed E-state index contributed by atoms with van der Waals surface area (Å²) in [5.74, 6) is -0.0434. The molecule has 8 nitrogen and oxygen atoms in total. The van der Waals surface area contributed by atoms with E-state index in [4.69, 9.17) is 9.47 Å². The van der Waals surface area contributed by atoms with Gasteiger partial charge in [0.2, 0.25) is 11.8 Å². The quantitative estimate of drug-likeness (QED) is 0.730. The Kier molecular flexibility index (Phi) is 7.22. The molecule has 138 valence electrons. The van der Waals surface area contributed by atoms with Crippen LogP contribution < -0.4 is 20.7 Å². The highest BCUT2D eigenvalue weighted by Crippen LogP contribution is 2.27. The molecule has 8 heteroatoms. The van der Waals surface area contributed by atoms with Gasteiger partial charge < -0.3 is 25.4 Å². The van der Waals surface area contributed by atoms with Gasteiger partial charge in [0.05, 0.1) is 12.8 Å². The zero-order valence-corrected chi connectivity index (χ0v) is 15.2. The van der Waals surface area contributed by atoms with Gasteiger partial charge in [0, 0.05) is 25.6 Å². The van der Waals surface area contributed by atoms with Gasteiger partial charge in [-0.3, -0.25) is 9.59 Å². The lowest BCUT2D eigenvalue weighted by Crippen LogP contribution is -2.34. The van der Waals surface area contributed by atoms with Gasteiger partial charge in [-0.25, -0.2) is 4.79 Å². The fourth-order valence-electron chi connectivity index (χ4n) is 1.89. The number of hydrogen-bond acceptors (Lipinski definition) is 5. The predicted molar refractivity (Wildman–Crippen MR) is 94.8 cm³/mol. The Morgan fingerprint density at radius 2 is 1.80 bits per heavy atom. The Balaban J connectivity index is 2.54. The molecule has 0 fully saturated rings. The van der Waals surface area contributed by atoms with Gasteiger partial charge in [0.25, 0.3) is 0 Å². The minimum Gasteiger partial charge on any atom is -0.495 e. The number of carbonyl (C=O) groups is 3. The Morgan fingerprint density at radius 1 is 1.12 bits per heavy atom. The molecule has 1 rings (SSSR count). The van der Waals surface area contributed by atoms with E-state index in [0.717, 1.165) is 0 Å². The van der Waals surface area contributed by atoms with Crippen molar-refractivity contribution in [1.29, 1.82) is 0 Å². The van der Waals surface area contributed by atoms with E-state index in [1.54, 1.807) is 39.0 Å². The van der Waals surface area contributed by atoms with Crippen LogP contribution in [0.5, 0.6) is 5.75 Å². The van der Waals surface area contributed by atoms with E-state index >= 15 is 0 Å². The van der Waals surface area contributed by atoms with Crippen LogP contribution in [-0.2, 0) is 14.3 Å². The van der Waals surface area contributed by atoms with Gasteiger partial charge in [-0.2, -0.15) is 0 Å². The van der Waals surface area contributed by atoms with Crippen molar-refractivity contribution in [1.82, 2.24) is 5.32 Å². The number of ether oxygens (including phenoxy) is 2. The van der Waals surface area contributed by atoms with Crippen molar-refractivity contribution in [2.24, 2.45) is 0 Å². The first-order valence-corrected chi connectivity index (χ1v) is 7.83. The molecule has 1 aromatic rings. The maximum absolute atomic E-state index is 11.9. The van der Waals surface area contributed by atoms with Crippen LogP contribution in [0.2, 0.25) is 0 Å². The highest BCUT2D eigenvalue weighted by Gasteiger charge is 2.16. The monoisotopic (exact) mass is 351 g/mol. The number of hydrogen-bond donors (Lipinski definition) is 3. The zero-order valence-electron chi connectivity index (χ0n) is 15.2. The second-order valence-electron chi connectivity index (χ2n) is 6.32. The third-order valence-electron chi connectivity index (χ3n) is 2.81. The highest BCUT2D eigenvalue weighted by atomic mass is 16.6. The van der Waals surface area contributed by atoms with E-state index in [-0.39, 0.29) is 24.8 Å². The summed E-state index contributed by atoms with van der Waals surface area (Å²) in [5.41, 5.74) is 0.377. The average Bonchev–Trinajstić information content (AvgIpc) is 2.45. The van der Waals surface area contributed by atoms with Gasteiger partial charge in [-0.05, 0) is 39.0 Å². The minimum atomic E-state index is -0.588. The van der Waals surface area contributed by atoms with Gasteiger partial charge in [-0.1, -0.05) is 0 Å². The Bertz CT molecular complexity index is 638. The molecule has 25 heavy (non-hydrogen) atoms. The minimum absolute atomic E-state index is 0.0841. The molecule has 0 bridgehead atoms. The van der Waals surface area contributed by atoms with Crippen LogP contribution in [0.25, 0.3) is 0 Å².